The molecule has 0 unspecified atom stereocenters. The summed E-state index contributed by atoms with van der Waals surface area (Å²) >= 11 is 0. The first-order chi connectivity index (χ1) is 10.7. The zero-order valence-corrected chi connectivity index (χ0v) is 13.3. The monoisotopic (exact) mass is 317 g/mol. The lowest BCUT2D eigenvalue weighted by Crippen LogP contribution is -2.45. The Kier molecular flexibility index (Phi) is 4.49. The number of pyridine rings is 1. The Labute approximate surface area is 133 Å². The standard InChI is InChI=1S/C16H19N3O4/c1-10-4-5-12-17-8-11(15(23)19(12)9-10)14(22)18-16(2,3)7-6-13(20)21/h4-5,8-9H,6-7H2,1-3H3,(H,18,22)(H,20,21). The molecule has 0 spiro atoms. The Morgan fingerprint density at radius 2 is 2.04 bits per heavy atom. The Hall–Kier alpha value is -2.70. The minimum absolute atomic E-state index is 0.0680. The second kappa shape index (κ2) is 6.20. The van der Waals surface area contributed by atoms with Gasteiger partial charge in [-0.3, -0.25) is 18.8 Å². The number of aromatic nitrogens is 2. The number of aryl methyl sites for hydroxylation is 1. The van der Waals surface area contributed by atoms with Gasteiger partial charge in [0.15, 0.2) is 0 Å². The molecule has 23 heavy (non-hydrogen) atoms. The maximum atomic E-state index is 12.4. The fourth-order valence-electron chi connectivity index (χ4n) is 2.20. The Morgan fingerprint density at radius 3 is 2.70 bits per heavy atom. The quantitative estimate of drug-likeness (QED) is 0.867. The second-order valence-electron chi connectivity index (χ2n) is 6.14. The maximum Gasteiger partial charge on any atom is 0.303 e. The molecule has 0 bridgehead atoms. The molecule has 0 aliphatic rings. The van der Waals surface area contributed by atoms with Crippen LogP contribution in [0.5, 0.6) is 0 Å². The van der Waals surface area contributed by atoms with Crippen LogP contribution in [0.3, 0.4) is 0 Å². The molecule has 7 nitrogen and oxygen atoms in total. The van der Waals surface area contributed by atoms with Gasteiger partial charge in [-0.1, -0.05) is 6.07 Å². The molecule has 1 amide bonds. The van der Waals surface area contributed by atoms with Gasteiger partial charge < -0.3 is 10.4 Å². The number of fused-ring (bicyclic) bond motifs is 1. The van der Waals surface area contributed by atoms with Gasteiger partial charge in [0.1, 0.15) is 11.2 Å². The highest BCUT2D eigenvalue weighted by molar-refractivity contribution is 5.94. The van der Waals surface area contributed by atoms with E-state index in [9.17, 15) is 14.4 Å². The fourth-order valence-corrected chi connectivity index (χ4v) is 2.20. The van der Waals surface area contributed by atoms with Gasteiger partial charge in [0, 0.05) is 24.4 Å². The van der Waals surface area contributed by atoms with Crippen molar-refractivity contribution in [3.63, 3.8) is 0 Å². The predicted molar refractivity (Wildman–Crippen MR) is 84.6 cm³/mol. The van der Waals surface area contributed by atoms with Gasteiger partial charge in [-0.15, -0.1) is 0 Å². The lowest BCUT2D eigenvalue weighted by Gasteiger charge is -2.25. The van der Waals surface area contributed by atoms with E-state index in [4.69, 9.17) is 5.11 Å². The van der Waals surface area contributed by atoms with E-state index in [0.29, 0.717) is 5.65 Å². The number of nitrogens with one attached hydrogen (secondary N) is 1. The lowest BCUT2D eigenvalue weighted by molar-refractivity contribution is -0.137. The smallest absolute Gasteiger partial charge is 0.303 e. The van der Waals surface area contributed by atoms with Crippen molar-refractivity contribution in [1.29, 1.82) is 0 Å². The summed E-state index contributed by atoms with van der Waals surface area (Å²) in [6.45, 7) is 5.27. The minimum Gasteiger partial charge on any atom is -0.481 e. The van der Waals surface area contributed by atoms with Crippen LogP contribution in [0.1, 0.15) is 42.6 Å². The van der Waals surface area contributed by atoms with Crippen molar-refractivity contribution in [1.82, 2.24) is 14.7 Å². The summed E-state index contributed by atoms with van der Waals surface area (Å²) in [6, 6.07) is 3.53. The number of nitrogens with zero attached hydrogens (tertiary/aromatic N) is 2. The van der Waals surface area contributed by atoms with Crippen LogP contribution in [0.4, 0.5) is 0 Å². The van der Waals surface area contributed by atoms with Crippen LogP contribution in [0.25, 0.3) is 5.65 Å². The summed E-state index contributed by atoms with van der Waals surface area (Å²) < 4.78 is 1.33. The van der Waals surface area contributed by atoms with E-state index in [2.05, 4.69) is 10.3 Å². The van der Waals surface area contributed by atoms with Crippen LogP contribution in [0.2, 0.25) is 0 Å². The van der Waals surface area contributed by atoms with Crippen LogP contribution in [-0.2, 0) is 4.79 Å². The minimum atomic E-state index is -0.935. The van der Waals surface area contributed by atoms with E-state index >= 15 is 0 Å². The average molecular weight is 317 g/mol. The molecule has 2 aromatic rings. The van der Waals surface area contributed by atoms with Crippen molar-refractivity contribution in [2.24, 2.45) is 0 Å². The van der Waals surface area contributed by atoms with Gasteiger partial charge in [-0.05, 0) is 38.8 Å². The number of hydrogen-bond donors (Lipinski definition) is 2. The van der Waals surface area contributed by atoms with Gasteiger partial charge in [0.05, 0.1) is 0 Å². The van der Waals surface area contributed by atoms with Gasteiger partial charge in [-0.25, -0.2) is 4.98 Å². The van der Waals surface area contributed by atoms with Gasteiger partial charge in [-0.2, -0.15) is 0 Å². The predicted octanol–water partition coefficient (Wildman–Crippen LogP) is 1.38. The number of carboxylic acid groups (broad SMARTS) is 1. The molecule has 0 saturated carbocycles. The summed E-state index contributed by atoms with van der Waals surface area (Å²) in [4.78, 5) is 39.6. The molecular formula is C16H19N3O4. The van der Waals surface area contributed by atoms with Gasteiger partial charge in [0.25, 0.3) is 11.5 Å². The van der Waals surface area contributed by atoms with E-state index in [1.165, 1.54) is 10.6 Å². The largest absolute Gasteiger partial charge is 0.481 e. The second-order valence-corrected chi connectivity index (χ2v) is 6.14. The van der Waals surface area contributed by atoms with E-state index in [0.717, 1.165) is 5.56 Å². The zero-order chi connectivity index (χ0) is 17.2. The van der Waals surface area contributed by atoms with E-state index in [1.807, 2.05) is 13.0 Å². The van der Waals surface area contributed by atoms with Crippen LogP contribution >= 0.6 is 0 Å². The number of carbonyl (C=O) groups is 2. The molecular weight excluding hydrogens is 298 g/mol. The molecule has 7 heteroatoms. The maximum absolute atomic E-state index is 12.4. The molecule has 0 saturated heterocycles. The Balaban J connectivity index is 2.29. The third-order valence-corrected chi connectivity index (χ3v) is 3.51. The summed E-state index contributed by atoms with van der Waals surface area (Å²) in [6.07, 6.45) is 3.06. The molecule has 0 aliphatic carbocycles. The van der Waals surface area contributed by atoms with Crippen LogP contribution in [0.15, 0.2) is 29.3 Å². The summed E-state index contributed by atoms with van der Waals surface area (Å²) in [5.74, 6) is -1.50. The third kappa shape index (κ3) is 3.94. The van der Waals surface area contributed by atoms with E-state index < -0.39 is 23.0 Å². The average Bonchev–Trinajstić information content (AvgIpc) is 2.45. The summed E-state index contributed by atoms with van der Waals surface area (Å²) in [5, 5.41) is 11.4. The van der Waals surface area contributed by atoms with Crippen molar-refractivity contribution in [3.05, 3.63) is 46.0 Å². The van der Waals surface area contributed by atoms with Crippen molar-refractivity contribution in [2.45, 2.75) is 39.2 Å². The SMILES string of the molecule is Cc1ccc2ncc(C(=O)NC(C)(C)CCC(=O)O)c(=O)n2c1. The molecule has 0 atom stereocenters. The molecule has 0 fully saturated rings. The highest BCUT2D eigenvalue weighted by Gasteiger charge is 2.24. The highest BCUT2D eigenvalue weighted by atomic mass is 16.4. The fraction of sp³-hybridized carbons (Fsp3) is 0.375. The number of amides is 1. The number of carboxylic acids is 1. The Bertz CT molecular complexity index is 824. The lowest BCUT2D eigenvalue weighted by atomic mass is 9.98. The molecule has 2 N–H and O–H groups in total. The number of carbonyl (C=O) groups excluding carboxylic acids is 1. The number of hydrogen-bond acceptors (Lipinski definition) is 4. The number of aliphatic carboxylic acids is 1. The van der Waals surface area contributed by atoms with Crippen molar-refractivity contribution in [2.75, 3.05) is 0 Å². The first-order valence-electron chi connectivity index (χ1n) is 7.22. The molecule has 2 heterocycles. The zero-order valence-electron chi connectivity index (χ0n) is 13.3. The van der Waals surface area contributed by atoms with E-state index in [-0.39, 0.29) is 18.4 Å². The van der Waals surface area contributed by atoms with E-state index in [1.54, 1.807) is 26.1 Å². The van der Waals surface area contributed by atoms with Crippen molar-refractivity contribution >= 4 is 17.5 Å². The summed E-state index contributed by atoms with van der Waals surface area (Å²) in [5.41, 5.74) is 0.0680. The molecule has 122 valence electrons. The highest BCUT2D eigenvalue weighted by Crippen LogP contribution is 2.12. The van der Waals surface area contributed by atoms with Gasteiger partial charge >= 0.3 is 5.97 Å². The first-order valence-corrected chi connectivity index (χ1v) is 7.22. The Morgan fingerprint density at radius 1 is 1.35 bits per heavy atom. The normalized spacial score (nSPS) is 11.4. The molecule has 2 aromatic heterocycles. The van der Waals surface area contributed by atoms with Gasteiger partial charge in [0.2, 0.25) is 0 Å². The molecule has 2 rings (SSSR count). The molecule has 0 aromatic carbocycles. The molecule has 0 radical (unpaired) electrons. The number of rotatable bonds is 5. The van der Waals surface area contributed by atoms with Crippen LogP contribution < -0.4 is 10.9 Å². The first kappa shape index (κ1) is 16.7. The van der Waals surface area contributed by atoms with Crippen LogP contribution in [0, 0.1) is 6.92 Å². The summed E-state index contributed by atoms with van der Waals surface area (Å²) in [7, 11) is 0. The topological polar surface area (TPSA) is 101 Å². The third-order valence-electron chi connectivity index (χ3n) is 3.51. The van der Waals surface area contributed by atoms with Crippen LogP contribution in [-0.4, -0.2) is 31.9 Å². The van der Waals surface area contributed by atoms with Crippen molar-refractivity contribution < 1.29 is 14.7 Å². The molecule has 0 aliphatic heterocycles. The van der Waals surface area contributed by atoms with Crippen molar-refractivity contribution in [3.8, 4) is 0 Å².